The van der Waals surface area contributed by atoms with Gasteiger partial charge in [0.2, 0.25) is 0 Å². The second-order valence-electron chi connectivity index (χ2n) is 4.46. The Morgan fingerprint density at radius 2 is 1.88 bits per heavy atom. The zero-order chi connectivity index (χ0) is 12.8. The Bertz CT molecular complexity index is 402. The molecule has 0 unspecified atom stereocenters. The monoisotopic (exact) mass is 232 g/mol. The smallest absolute Gasteiger partial charge is 0.122 e. The summed E-state index contributed by atoms with van der Waals surface area (Å²) < 4.78 is 5.66. The summed E-state index contributed by atoms with van der Waals surface area (Å²) in [6.07, 6.45) is 6.58. The predicted molar refractivity (Wildman–Crippen MR) is 75.0 cm³/mol. The van der Waals surface area contributed by atoms with Crippen LogP contribution >= 0.6 is 0 Å². The summed E-state index contributed by atoms with van der Waals surface area (Å²) in [7, 11) is 0. The maximum atomic E-state index is 5.66. The minimum Gasteiger partial charge on any atom is -0.494 e. The van der Waals surface area contributed by atoms with E-state index in [0.29, 0.717) is 0 Å². The Morgan fingerprint density at radius 1 is 1.18 bits per heavy atom. The van der Waals surface area contributed by atoms with Crippen molar-refractivity contribution in [3.8, 4) is 5.75 Å². The molecule has 0 saturated carbocycles. The van der Waals surface area contributed by atoms with E-state index in [-0.39, 0.29) is 0 Å². The Kier molecular flexibility index (Phi) is 5.27. The molecular formula is C16H24O. The summed E-state index contributed by atoms with van der Waals surface area (Å²) >= 11 is 0. The molecule has 0 amide bonds. The molecule has 0 saturated heterocycles. The molecule has 0 aromatic heterocycles. The van der Waals surface area contributed by atoms with E-state index >= 15 is 0 Å². The van der Waals surface area contributed by atoms with E-state index < -0.39 is 0 Å². The first-order chi connectivity index (χ1) is 8.11. The SMILES string of the molecule is C/C=C\CCc1c(C)cc(OCC)c(C)c1C. The van der Waals surface area contributed by atoms with Crippen molar-refractivity contribution in [2.45, 2.75) is 47.5 Å². The molecule has 94 valence electrons. The van der Waals surface area contributed by atoms with E-state index in [1.54, 1.807) is 0 Å². The molecule has 0 aliphatic heterocycles. The van der Waals surface area contributed by atoms with Crippen LogP contribution in [0.25, 0.3) is 0 Å². The van der Waals surface area contributed by atoms with Gasteiger partial charge < -0.3 is 4.74 Å². The van der Waals surface area contributed by atoms with Crippen molar-refractivity contribution in [1.82, 2.24) is 0 Å². The number of hydrogen-bond donors (Lipinski definition) is 0. The van der Waals surface area contributed by atoms with Crippen LogP contribution in [0.1, 0.15) is 42.5 Å². The third kappa shape index (κ3) is 3.36. The number of benzene rings is 1. The van der Waals surface area contributed by atoms with Crippen molar-refractivity contribution in [2.75, 3.05) is 6.61 Å². The standard InChI is InChI=1S/C16H24O/c1-6-8-9-10-15-12(3)11-16(17-7-2)14(5)13(15)4/h6,8,11H,7,9-10H2,1-5H3/b8-6-. The molecule has 17 heavy (non-hydrogen) atoms. The highest BCUT2D eigenvalue weighted by Gasteiger charge is 2.10. The van der Waals surface area contributed by atoms with Gasteiger partial charge in [0.25, 0.3) is 0 Å². The molecule has 1 nitrogen and oxygen atoms in total. The van der Waals surface area contributed by atoms with Gasteiger partial charge in [-0.3, -0.25) is 0 Å². The number of ether oxygens (including phenoxy) is 1. The van der Waals surface area contributed by atoms with Crippen LogP contribution < -0.4 is 4.74 Å². The lowest BCUT2D eigenvalue weighted by molar-refractivity contribution is 0.337. The second kappa shape index (κ2) is 6.48. The quantitative estimate of drug-likeness (QED) is 0.678. The zero-order valence-corrected chi connectivity index (χ0v) is 11.8. The highest BCUT2D eigenvalue weighted by atomic mass is 16.5. The minimum atomic E-state index is 0.734. The zero-order valence-electron chi connectivity index (χ0n) is 11.8. The Balaban J connectivity index is 3.02. The van der Waals surface area contributed by atoms with Gasteiger partial charge in [-0.2, -0.15) is 0 Å². The molecule has 0 aliphatic carbocycles. The van der Waals surface area contributed by atoms with Crippen LogP contribution in [0.15, 0.2) is 18.2 Å². The van der Waals surface area contributed by atoms with Crippen molar-refractivity contribution >= 4 is 0 Å². The van der Waals surface area contributed by atoms with Gasteiger partial charge in [0.15, 0.2) is 0 Å². The van der Waals surface area contributed by atoms with Crippen molar-refractivity contribution in [3.05, 3.63) is 40.5 Å². The third-order valence-electron chi connectivity index (χ3n) is 3.30. The number of allylic oxidation sites excluding steroid dienone is 2. The topological polar surface area (TPSA) is 9.23 Å². The summed E-state index contributed by atoms with van der Waals surface area (Å²) in [4.78, 5) is 0. The maximum Gasteiger partial charge on any atom is 0.122 e. The summed E-state index contributed by atoms with van der Waals surface area (Å²) in [5, 5.41) is 0. The molecule has 0 N–H and O–H groups in total. The van der Waals surface area contributed by atoms with Gasteiger partial charge in [-0.25, -0.2) is 0 Å². The minimum absolute atomic E-state index is 0.734. The summed E-state index contributed by atoms with van der Waals surface area (Å²) in [6.45, 7) is 11.4. The van der Waals surface area contributed by atoms with Crippen LogP contribution in [-0.4, -0.2) is 6.61 Å². The Hall–Kier alpha value is -1.24. The van der Waals surface area contributed by atoms with Crippen LogP contribution in [0.2, 0.25) is 0 Å². The van der Waals surface area contributed by atoms with Crippen LogP contribution in [0.5, 0.6) is 5.75 Å². The molecule has 1 aromatic rings. The second-order valence-corrected chi connectivity index (χ2v) is 4.46. The Labute approximate surface area is 106 Å². The Morgan fingerprint density at radius 3 is 2.47 bits per heavy atom. The molecule has 0 heterocycles. The molecule has 1 aromatic carbocycles. The molecule has 0 bridgehead atoms. The van der Waals surface area contributed by atoms with E-state index in [1.165, 1.54) is 22.3 Å². The number of hydrogen-bond acceptors (Lipinski definition) is 1. The highest BCUT2D eigenvalue weighted by molar-refractivity contribution is 5.48. The van der Waals surface area contributed by atoms with Crippen LogP contribution in [0.4, 0.5) is 0 Å². The van der Waals surface area contributed by atoms with Gasteiger partial charge in [-0.05, 0) is 75.8 Å². The van der Waals surface area contributed by atoms with Crippen molar-refractivity contribution < 1.29 is 4.74 Å². The van der Waals surface area contributed by atoms with Crippen LogP contribution in [0, 0.1) is 20.8 Å². The van der Waals surface area contributed by atoms with Gasteiger partial charge in [0.1, 0.15) is 5.75 Å². The van der Waals surface area contributed by atoms with E-state index in [0.717, 1.165) is 25.2 Å². The molecule has 0 atom stereocenters. The van der Waals surface area contributed by atoms with Crippen LogP contribution in [-0.2, 0) is 6.42 Å². The lowest BCUT2D eigenvalue weighted by Crippen LogP contribution is -2.01. The van der Waals surface area contributed by atoms with Crippen molar-refractivity contribution in [3.63, 3.8) is 0 Å². The molecule has 0 spiro atoms. The molecule has 0 radical (unpaired) electrons. The average Bonchev–Trinajstić information content (AvgIpc) is 2.30. The summed E-state index contributed by atoms with van der Waals surface area (Å²) in [5.41, 5.74) is 5.50. The molecule has 0 fully saturated rings. The number of rotatable bonds is 5. The number of aryl methyl sites for hydroxylation is 1. The van der Waals surface area contributed by atoms with Gasteiger partial charge in [0, 0.05) is 0 Å². The van der Waals surface area contributed by atoms with Gasteiger partial charge >= 0.3 is 0 Å². The normalized spacial score (nSPS) is 11.1. The summed E-state index contributed by atoms with van der Waals surface area (Å²) in [5.74, 6) is 1.04. The highest BCUT2D eigenvalue weighted by Crippen LogP contribution is 2.28. The van der Waals surface area contributed by atoms with Gasteiger partial charge in [0.05, 0.1) is 6.61 Å². The fourth-order valence-electron chi connectivity index (χ4n) is 2.18. The van der Waals surface area contributed by atoms with Gasteiger partial charge in [-0.1, -0.05) is 12.2 Å². The maximum absolute atomic E-state index is 5.66. The fourth-order valence-corrected chi connectivity index (χ4v) is 2.18. The lowest BCUT2D eigenvalue weighted by Gasteiger charge is -2.16. The van der Waals surface area contributed by atoms with Gasteiger partial charge in [-0.15, -0.1) is 0 Å². The largest absolute Gasteiger partial charge is 0.494 e. The molecular weight excluding hydrogens is 208 g/mol. The average molecular weight is 232 g/mol. The summed E-state index contributed by atoms with van der Waals surface area (Å²) in [6, 6.07) is 2.18. The first kappa shape index (κ1) is 13.8. The lowest BCUT2D eigenvalue weighted by atomic mass is 9.94. The van der Waals surface area contributed by atoms with Crippen LogP contribution in [0.3, 0.4) is 0 Å². The molecule has 1 heteroatoms. The van der Waals surface area contributed by atoms with E-state index in [2.05, 4.69) is 45.9 Å². The first-order valence-corrected chi connectivity index (χ1v) is 6.45. The van der Waals surface area contributed by atoms with E-state index in [9.17, 15) is 0 Å². The molecule has 0 aliphatic rings. The van der Waals surface area contributed by atoms with Crippen molar-refractivity contribution in [1.29, 1.82) is 0 Å². The van der Waals surface area contributed by atoms with Crippen molar-refractivity contribution in [2.24, 2.45) is 0 Å². The predicted octanol–water partition coefficient (Wildman–Crippen LogP) is 4.52. The molecule has 1 rings (SSSR count). The first-order valence-electron chi connectivity index (χ1n) is 6.45. The third-order valence-corrected chi connectivity index (χ3v) is 3.30. The van der Waals surface area contributed by atoms with E-state index in [1.807, 2.05) is 6.92 Å². The van der Waals surface area contributed by atoms with E-state index in [4.69, 9.17) is 4.74 Å². The fraction of sp³-hybridized carbons (Fsp3) is 0.500.